The van der Waals surface area contributed by atoms with Gasteiger partial charge in [-0.25, -0.2) is 0 Å². The highest BCUT2D eigenvalue weighted by Crippen LogP contribution is 2.20. The second kappa shape index (κ2) is 5.30. The molecule has 0 unspecified atom stereocenters. The normalized spacial score (nSPS) is 36.8. The molecular weight excluding hydrogens is 204 g/mol. The maximum atomic E-state index is 5.50. The molecule has 0 atom stereocenters. The smallest absolute Gasteiger partial charge is 0.175 e. The van der Waals surface area contributed by atoms with Crippen molar-refractivity contribution in [1.82, 2.24) is 0 Å². The summed E-state index contributed by atoms with van der Waals surface area (Å²) in [4.78, 5) is 0. The van der Waals surface area contributed by atoms with E-state index in [4.69, 9.17) is 13.3 Å². The van der Waals surface area contributed by atoms with Crippen molar-refractivity contribution in [2.24, 2.45) is 0 Å². The Kier molecular flexibility index (Phi) is 4.69. The van der Waals surface area contributed by atoms with Crippen LogP contribution in [-0.2, 0) is 13.3 Å². The van der Waals surface area contributed by atoms with Gasteiger partial charge in [0.15, 0.2) is 27.1 Å². The minimum absolute atomic E-state index is 0.883. The summed E-state index contributed by atoms with van der Waals surface area (Å²) < 4.78 is 16.5. The van der Waals surface area contributed by atoms with E-state index in [2.05, 4.69) is 0 Å². The predicted molar refractivity (Wildman–Crippen MR) is 56.9 cm³/mol. The van der Waals surface area contributed by atoms with Gasteiger partial charge >= 0.3 is 0 Å². The lowest BCUT2D eigenvalue weighted by molar-refractivity contribution is 0.388. The largest absolute Gasteiger partial charge is 0.424 e. The number of hydrogen-bond donors (Lipinski definition) is 0. The van der Waals surface area contributed by atoms with Gasteiger partial charge in [0.2, 0.25) is 0 Å². The van der Waals surface area contributed by atoms with E-state index in [0.717, 1.165) is 0 Å². The van der Waals surface area contributed by atoms with Crippen LogP contribution in [0.5, 0.6) is 0 Å². The first-order valence-corrected chi connectivity index (χ1v) is 10.7. The highest BCUT2D eigenvalue weighted by Gasteiger charge is 2.32. The van der Waals surface area contributed by atoms with E-state index in [9.17, 15) is 0 Å². The second-order valence-corrected chi connectivity index (χ2v) is 14.1. The van der Waals surface area contributed by atoms with Crippen molar-refractivity contribution in [1.29, 1.82) is 0 Å². The zero-order valence-corrected chi connectivity index (χ0v) is 11.5. The molecule has 0 spiro atoms. The van der Waals surface area contributed by atoms with E-state index in [-0.39, 0.29) is 0 Å². The average molecular weight is 222 g/mol. The minimum atomic E-state index is -0.883. The van der Waals surface area contributed by atoms with Gasteiger partial charge in [-0.3, -0.25) is 0 Å². The Morgan fingerprint density at radius 1 is 0.667 bits per heavy atom. The lowest BCUT2D eigenvalue weighted by atomic mass is 11.7. The van der Waals surface area contributed by atoms with Gasteiger partial charge in [-0.15, -0.1) is 0 Å². The lowest BCUT2D eigenvalue weighted by Crippen LogP contribution is -2.42. The molecule has 1 heterocycles. The van der Waals surface area contributed by atoms with Crippen molar-refractivity contribution < 1.29 is 13.3 Å². The van der Waals surface area contributed by atoms with Gasteiger partial charge in [0.1, 0.15) is 0 Å². The third-order valence-corrected chi connectivity index (χ3v) is 17.2. The summed E-state index contributed by atoms with van der Waals surface area (Å²) in [5.74, 6) is 0. The first-order chi connectivity index (χ1) is 5.80. The van der Waals surface area contributed by atoms with Crippen LogP contribution in [0.3, 0.4) is 0 Å². The SMILES string of the molecule is CO[SiH]1C[SiH](OC)C[SiH](OC)C1. The van der Waals surface area contributed by atoms with Crippen LogP contribution in [0.25, 0.3) is 0 Å². The Balaban J connectivity index is 2.41. The molecule has 0 N–H and O–H groups in total. The fraction of sp³-hybridized carbons (Fsp3) is 1.00. The van der Waals surface area contributed by atoms with Gasteiger partial charge in [-0.1, -0.05) is 0 Å². The Bertz CT molecular complexity index is 105. The molecule has 3 nitrogen and oxygen atoms in total. The summed E-state index contributed by atoms with van der Waals surface area (Å²) in [6.07, 6.45) is 0. The Labute approximate surface area is 79.2 Å². The lowest BCUT2D eigenvalue weighted by Gasteiger charge is -2.29. The highest BCUT2D eigenvalue weighted by atomic mass is 28.4. The van der Waals surface area contributed by atoms with Crippen molar-refractivity contribution in [3.63, 3.8) is 0 Å². The molecule has 0 bridgehead atoms. The van der Waals surface area contributed by atoms with Crippen LogP contribution >= 0.6 is 0 Å². The van der Waals surface area contributed by atoms with E-state index < -0.39 is 27.1 Å². The van der Waals surface area contributed by atoms with Crippen molar-refractivity contribution in [3.8, 4) is 0 Å². The topological polar surface area (TPSA) is 27.7 Å². The minimum Gasteiger partial charge on any atom is -0.424 e. The van der Waals surface area contributed by atoms with Crippen LogP contribution < -0.4 is 0 Å². The molecule has 72 valence electrons. The molecule has 0 radical (unpaired) electrons. The van der Waals surface area contributed by atoms with Crippen LogP contribution in [0.1, 0.15) is 0 Å². The molecule has 12 heavy (non-hydrogen) atoms. The van der Waals surface area contributed by atoms with E-state index in [1.165, 1.54) is 17.0 Å². The summed E-state index contributed by atoms with van der Waals surface area (Å²) in [7, 11) is 2.91. The van der Waals surface area contributed by atoms with Crippen LogP contribution in [0.4, 0.5) is 0 Å². The molecule has 0 aromatic carbocycles. The Hall–Kier alpha value is 0.531. The molecule has 1 saturated heterocycles. The Morgan fingerprint density at radius 2 is 0.917 bits per heavy atom. The standard InChI is InChI=1S/C6H18O3Si3/c1-7-10-4-11(8-2)6-12(5-10)9-3/h10-12H,4-6H2,1-3H3. The van der Waals surface area contributed by atoms with Crippen molar-refractivity contribution in [2.45, 2.75) is 17.0 Å². The maximum absolute atomic E-state index is 5.50. The van der Waals surface area contributed by atoms with Crippen LogP contribution in [-0.4, -0.2) is 48.5 Å². The fourth-order valence-corrected chi connectivity index (χ4v) is 20.9. The van der Waals surface area contributed by atoms with Gasteiger partial charge in [0.25, 0.3) is 0 Å². The summed E-state index contributed by atoms with van der Waals surface area (Å²) in [5.41, 5.74) is 3.92. The molecule has 0 amide bonds. The second-order valence-electron chi connectivity index (χ2n) is 3.28. The van der Waals surface area contributed by atoms with Crippen molar-refractivity contribution in [3.05, 3.63) is 0 Å². The molecule has 6 heteroatoms. The number of hydrogen-bond acceptors (Lipinski definition) is 3. The Morgan fingerprint density at radius 3 is 1.08 bits per heavy atom. The molecule has 0 aromatic rings. The molecule has 1 rings (SSSR count). The maximum Gasteiger partial charge on any atom is 0.175 e. The van der Waals surface area contributed by atoms with Gasteiger partial charge in [-0.2, -0.15) is 0 Å². The summed E-state index contributed by atoms with van der Waals surface area (Å²) in [6, 6.07) is 0. The molecule has 1 aliphatic heterocycles. The summed E-state index contributed by atoms with van der Waals surface area (Å²) in [6.45, 7) is 0. The average Bonchev–Trinajstić information content (AvgIpc) is 2.16. The van der Waals surface area contributed by atoms with Crippen LogP contribution in [0.15, 0.2) is 0 Å². The van der Waals surface area contributed by atoms with Crippen LogP contribution in [0, 0.1) is 0 Å². The molecule has 0 aromatic heterocycles. The molecular formula is C6H18O3Si3. The third-order valence-electron chi connectivity index (χ3n) is 2.58. The van der Waals surface area contributed by atoms with E-state index in [0.29, 0.717) is 0 Å². The van der Waals surface area contributed by atoms with Gasteiger partial charge in [0, 0.05) is 21.3 Å². The fourth-order valence-electron chi connectivity index (χ4n) is 1.75. The zero-order chi connectivity index (χ0) is 8.97. The molecule has 0 saturated carbocycles. The first-order valence-electron chi connectivity index (χ1n) is 4.38. The van der Waals surface area contributed by atoms with Gasteiger partial charge in [0.05, 0.1) is 0 Å². The monoisotopic (exact) mass is 222 g/mol. The molecule has 0 aliphatic carbocycles. The first kappa shape index (κ1) is 10.6. The quantitative estimate of drug-likeness (QED) is 0.615. The third kappa shape index (κ3) is 2.79. The highest BCUT2D eigenvalue weighted by molar-refractivity contribution is 6.89. The zero-order valence-electron chi connectivity index (χ0n) is 8.08. The number of rotatable bonds is 3. The summed E-state index contributed by atoms with van der Waals surface area (Å²) in [5, 5.41) is 0. The van der Waals surface area contributed by atoms with Gasteiger partial charge in [-0.05, 0) is 17.0 Å². The van der Waals surface area contributed by atoms with E-state index in [1.54, 1.807) is 0 Å². The van der Waals surface area contributed by atoms with Crippen molar-refractivity contribution in [2.75, 3.05) is 21.3 Å². The summed E-state index contributed by atoms with van der Waals surface area (Å²) >= 11 is 0. The van der Waals surface area contributed by atoms with Gasteiger partial charge < -0.3 is 13.3 Å². The van der Waals surface area contributed by atoms with E-state index >= 15 is 0 Å². The molecule has 1 fully saturated rings. The van der Waals surface area contributed by atoms with Crippen molar-refractivity contribution >= 4 is 27.1 Å². The molecule has 1 aliphatic rings. The predicted octanol–water partition coefficient (Wildman–Crippen LogP) is -0.272. The van der Waals surface area contributed by atoms with E-state index in [1.807, 2.05) is 21.3 Å². The van der Waals surface area contributed by atoms with Crippen LogP contribution in [0.2, 0.25) is 17.0 Å².